The molecule has 148 valence electrons. The van der Waals surface area contributed by atoms with Crippen molar-refractivity contribution >= 4 is 11.0 Å². The number of para-hydroxylation sites is 1. The molecular formula is C21H18F3N5. The number of aryl methyl sites for hydroxylation is 1. The average molecular weight is 397 g/mol. The van der Waals surface area contributed by atoms with Crippen molar-refractivity contribution < 1.29 is 13.2 Å². The van der Waals surface area contributed by atoms with Gasteiger partial charge in [-0.15, -0.1) is 0 Å². The SMILES string of the molecule is CCn1cc(-c2cc(C(F)(F)F)c3c(C4CC4)nn(-c4ccccc4)c3n2)cn1. The second-order valence-electron chi connectivity index (χ2n) is 7.24. The second-order valence-corrected chi connectivity index (χ2v) is 7.24. The molecule has 0 radical (unpaired) electrons. The van der Waals surface area contributed by atoms with Crippen molar-refractivity contribution in [3.8, 4) is 16.9 Å². The molecule has 1 aliphatic carbocycles. The molecule has 1 aromatic carbocycles. The van der Waals surface area contributed by atoms with Crippen LogP contribution in [0.2, 0.25) is 0 Å². The van der Waals surface area contributed by atoms with E-state index < -0.39 is 11.7 Å². The lowest BCUT2D eigenvalue weighted by Crippen LogP contribution is -2.08. The Morgan fingerprint density at radius 3 is 2.52 bits per heavy atom. The largest absolute Gasteiger partial charge is 0.417 e. The molecule has 1 saturated carbocycles. The van der Waals surface area contributed by atoms with Crippen LogP contribution in [-0.2, 0) is 12.7 Å². The highest BCUT2D eigenvalue weighted by Gasteiger charge is 2.39. The van der Waals surface area contributed by atoms with Crippen LogP contribution in [0, 0.1) is 0 Å². The van der Waals surface area contributed by atoms with Crippen LogP contribution in [0.15, 0.2) is 48.8 Å². The third-order valence-corrected chi connectivity index (χ3v) is 5.19. The van der Waals surface area contributed by atoms with Gasteiger partial charge in [-0.2, -0.15) is 23.4 Å². The first-order chi connectivity index (χ1) is 14.0. The van der Waals surface area contributed by atoms with E-state index in [1.54, 1.807) is 17.1 Å². The van der Waals surface area contributed by atoms with Gasteiger partial charge in [-0.1, -0.05) is 18.2 Å². The van der Waals surface area contributed by atoms with Crippen LogP contribution < -0.4 is 0 Å². The summed E-state index contributed by atoms with van der Waals surface area (Å²) >= 11 is 0. The molecule has 3 heterocycles. The molecule has 1 fully saturated rings. The Balaban J connectivity index is 1.83. The predicted octanol–water partition coefficient (Wildman–Crippen LogP) is 5.20. The van der Waals surface area contributed by atoms with Crippen molar-refractivity contribution in [1.29, 1.82) is 0 Å². The van der Waals surface area contributed by atoms with Gasteiger partial charge >= 0.3 is 6.18 Å². The van der Waals surface area contributed by atoms with Crippen LogP contribution in [0.25, 0.3) is 28.0 Å². The van der Waals surface area contributed by atoms with Crippen LogP contribution in [0.3, 0.4) is 0 Å². The number of benzene rings is 1. The molecule has 0 N–H and O–H groups in total. The van der Waals surface area contributed by atoms with Crippen molar-refractivity contribution in [1.82, 2.24) is 24.5 Å². The number of fused-ring (bicyclic) bond motifs is 1. The minimum atomic E-state index is -4.51. The van der Waals surface area contributed by atoms with E-state index in [1.807, 2.05) is 37.3 Å². The molecule has 5 nitrogen and oxygen atoms in total. The molecule has 0 unspecified atom stereocenters. The van der Waals surface area contributed by atoms with Crippen molar-refractivity contribution in [2.45, 2.75) is 38.4 Å². The Morgan fingerprint density at radius 1 is 1.14 bits per heavy atom. The molecule has 0 bridgehead atoms. The van der Waals surface area contributed by atoms with Gasteiger partial charge in [0.25, 0.3) is 0 Å². The van der Waals surface area contributed by atoms with Crippen molar-refractivity contribution in [3.05, 3.63) is 60.0 Å². The zero-order valence-electron chi connectivity index (χ0n) is 15.7. The quantitative estimate of drug-likeness (QED) is 0.476. The van der Waals surface area contributed by atoms with Crippen LogP contribution in [0.5, 0.6) is 0 Å². The Kier molecular flexibility index (Phi) is 3.97. The lowest BCUT2D eigenvalue weighted by atomic mass is 10.0. The summed E-state index contributed by atoms with van der Waals surface area (Å²) < 4.78 is 45.4. The van der Waals surface area contributed by atoms with Gasteiger partial charge in [0.15, 0.2) is 5.65 Å². The van der Waals surface area contributed by atoms with Gasteiger partial charge in [0.1, 0.15) is 0 Å². The van der Waals surface area contributed by atoms with Crippen LogP contribution in [-0.4, -0.2) is 24.5 Å². The van der Waals surface area contributed by atoms with Crippen molar-refractivity contribution in [2.75, 3.05) is 0 Å². The molecule has 3 aromatic heterocycles. The third kappa shape index (κ3) is 3.08. The predicted molar refractivity (Wildman–Crippen MR) is 103 cm³/mol. The van der Waals surface area contributed by atoms with E-state index in [0.717, 1.165) is 18.9 Å². The van der Waals surface area contributed by atoms with Gasteiger partial charge in [0, 0.05) is 24.2 Å². The summed E-state index contributed by atoms with van der Waals surface area (Å²) in [5.74, 6) is 0.0547. The maximum absolute atomic E-state index is 14.1. The fraction of sp³-hybridized carbons (Fsp3) is 0.286. The smallest absolute Gasteiger partial charge is 0.272 e. The number of hydrogen-bond donors (Lipinski definition) is 0. The number of nitrogens with zero attached hydrogens (tertiary/aromatic N) is 5. The first kappa shape index (κ1) is 17.9. The van der Waals surface area contributed by atoms with Crippen molar-refractivity contribution in [2.24, 2.45) is 0 Å². The molecule has 4 aromatic rings. The Bertz CT molecular complexity index is 1190. The number of pyridine rings is 1. The molecule has 0 amide bonds. The number of halogens is 3. The summed E-state index contributed by atoms with van der Waals surface area (Å²) in [4.78, 5) is 4.62. The molecule has 0 saturated heterocycles. The molecular weight excluding hydrogens is 379 g/mol. The van der Waals surface area contributed by atoms with Gasteiger partial charge in [-0.25, -0.2) is 9.67 Å². The lowest BCUT2D eigenvalue weighted by Gasteiger charge is -2.11. The summed E-state index contributed by atoms with van der Waals surface area (Å²) in [6, 6.07) is 10.3. The number of rotatable bonds is 4. The zero-order chi connectivity index (χ0) is 20.2. The minimum absolute atomic E-state index is 0.0547. The highest BCUT2D eigenvalue weighted by atomic mass is 19.4. The minimum Gasteiger partial charge on any atom is -0.272 e. The monoisotopic (exact) mass is 397 g/mol. The number of alkyl halides is 3. The molecule has 0 spiro atoms. The maximum Gasteiger partial charge on any atom is 0.417 e. The molecule has 0 atom stereocenters. The standard InChI is InChI=1S/C21H18F3N5/c1-2-28-12-14(11-25-28)17-10-16(21(22,23)24)18-19(13-8-9-13)27-29(20(18)26-17)15-6-4-3-5-7-15/h3-7,10-13H,2,8-9H2,1H3. The highest BCUT2D eigenvalue weighted by Crippen LogP contribution is 2.46. The van der Waals surface area contributed by atoms with Gasteiger partial charge in [-0.3, -0.25) is 4.68 Å². The second kappa shape index (κ2) is 6.43. The lowest BCUT2D eigenvalue weighted by molar-refractivity contribution is -0.136. The van der Waals surface area contributed by atoms with Crippen LogP contribution in [0.1, 0.15) is 36.9 Å². The fourth-order valence-corrected chi connectivity index (χ4v) is 3.57. The van der Waals surface area contributed by atoms with Gasteiger partial charge in [0.05, 0.1) is 34.2 Å². The van der Waals surface area contributed by atoms with E-state index in [-0.39, 0.29) is 22.6 Å². The van der Waals surface area contributed by atoms with Gasteiger partial charge < -0.3 is 0 Å². The highest BCUT2D eigenvalue weighted by molar-refractivity contribution is 5.87. The summed E-state index contributed by atoms with van der Waals surface area (Å²) in [7, 11) is 0. The van der Waals surface area contributed by atoms with E-state index in [4.69, 9.17) is 0 Å². The van der Waals surface area contributed by atoms with E-state index in [1.165, 1.54) is 4.68 Å². The Labute approximate surface area is 164 Å². The van der Waals surface area contributed by atoms with Gasteiger partial charge in [-0.05, 0) is 38.0 Å². The average Bonchev–Trinajstić information content (AvgIpc) is 3.31. The maximum atomic E-state index is 14.1. The van der Waals surface area contributed by atoms with E-state index >= 15 is 0 Å². The summed E-state index contributed by atoms with van der Waals surface area (Å²) in [6.07, 6.45) is 0.444. The molecule has 5 rings (SSSR count). The van der Waals surface area contributed by atoms with E-state index in [2.05, 4.69) is 15.2 Å². The molecule has 1 aliphatic rings. The van der Waals surface area contributed by atoms with E-state index in [9.17, 15) is 13.2 Å². The summed E-state index contributed by atoms with van der Waals surface area (Å²) in [5, 5.41) is 8.87. The summed E-state index contributed by atoms with van der Waals surface area (Å²) in [5.41, 5.74) is 1.50. The number of hydrogen-bond acceptors (Lipinski definition) is 3. The Morgan fingerprint density at radius 2 is 1.90 bits per heavy atom. The topological polar surface area (TPSA) is 48.5 Å². The van der Waals surface area contributed by atoms with Crippen LogP contribution in [0.4, 0.5) is 13.2 Å². The molecule has 8 heteroatoms. The first-order valence-corrected chi connectivity index (χ1v) is 9.55. The molecule has 0 aliphatic heterocycles. The Hall–Kier alpha value is -3.16. The molecule has 29 heavy (non-hydrogen) atoms. The third-order valence-electron chi connectivity index (χ3n) is 5.19. The number of aromatic nitrogens is 5. The summed E-state index contributed by atoms with van der Waals surface area (Å²) in [6.45, 7) is 2.54. The fourth-order valence-electron chi connectivity index (χ4n) is 3.57. The van der Waals surface area contributed by atoms with E-state index in [0.29, 0.717) is 23.5 Å². The first-order valence-electron chi connectivity index (χ1n) is 9.55. The van der Waals surface area contributed by atoms with Crippen molar-refractivity contribution in [3.63, 3.8) is 0 Å². The van der Waals surface area contributed by atoms with Gasteiger partial charge in [0.2, 0.25) is 0 Å². The van der Waals surface area contributed by atoms with Crippen LogP contribution >= 0.6 is 0 Å². The normalized spacial score (nSPS) is 14.6. The zero-order valence-corrected chi connectivity index (χ0v) is 15.7.